The van der Waals surface area contributed by atoms with Gasteiger partial charge in [-0.1, -0.05) is 11.3 Å². The van der Waals surface area contributed by atoms with Gasteiger partial charge < -0.3 is 19.7 Å². The highest BCUT2D eigenvalue weighted by atomic mass is 32.1. The maximum atomic E-state index is 11.9. The fourth-order valence-electron chi connectivity index (χ4n) is 1.88. The molecule has 0 aromatic carbocycles. The van der Waals surface area contributed by atoms with Crippen molar-refractivity contribution in [3.8, 4) is 5.75 Å². The van der Waals surface area contributed by atoms with Crippen molar-refractivity contribution < 1.29 is 14.6 Å². The summed E-state index contributed by atoms with van der Waals surface area (Å²) in [6.45, 7) is 2.26. The largest absolute Gasteiger partial charge is 0.508 e. The number of anilines is 1. The zero-order valence-corrected chi connectivity index (χ0v) is 13.0. The molecule has 0 unspecified atom stereocenters. The molecule has 0 aliphatic rings. The second kappa shape index (κ2) is 7.14. The van der Waals surface area contributed by atoms with Gasteiger partial charge in [-0.05, 0) is 13.0 Å². The Kier molecular flexibility index (Phi) is 5.23. The molecule has 2 N–H and O–H groups in total. The molecule has 2 aromatic heterocycles. The lowest BCUT2D eigenvalue weighted by atomic mass is 10.3. The molecule has 9 heteroatoms. The van der Waals surface area contributed by atoms with Crippen LogP contribution in [0.4, 0.5) is 5.13 Å². The Labute approximate surface area is 130 Å². The quantitative estimate of drug-likeness (QED) is 0.817. The van der Waals surface area contributed by atoms with Gasteiger partial charge in [-0.2, -0.15) is 0 Å². The summed E-state index contributed by atoms with van der Waals surface area (Å²) in [5.74, 6) is -0.345. The number of pyridine rings is 1. The molecule has 2 heterocycles. The standard InChI is InChI=1S/C13H16N4O4S/c1-8-5-9(18)6-12(20)17(8)4-3-10(19)14-13-16-15-11(22-13)7-21-2/h5-6,18H,3-4,7H2,1-2H3,(H,14,16,19). The summed E-state index contributed by atoms with van der Waals surface area (Å²) in [6, 6.07) is 2.59. The first-order valence-electron chi connectivity index (χ1n) is 6.51. The van der Waals surface area contributed by atoms with E-state index in [9.17, 15) is 14.7 Å². The maximum absolute atomic E-state index is 11.9. The Morgan fingerprint density at radius 1 is 1.45 bits per heavy atom. The summed E-state index contributed by atoms with van der Waals surface area (Å²) in [7, 11) is 1.55. The molecule has 0 radical (unpaired) electrons. The third-order valence-electron chi connectivity index (χ3n) is 2.86. The van der Waals surface area contributed by atoms with Crippen molar-refractivity contribution in [2.24, 2.45) is 0 Å². The predicted molar refractivity (Wildman–Crippen MR) is 81.0 cm³/mol. The first-order valence-corrected chi connectivity index (χ1v) is 7.33. The molecule has 0 saturated heterocycles. The molecule has 0 atom stereocenters. The summed E-state index contributed by atoms with van der Waals surface area (Å²) in [4.78, 5) is 23.6. The Morgan fingerprint density at radius 3 is 2.91 bits per heavy atom. The highest BCUT2D eigenvalue weighted by Gasteiger charge is 2.10. The molecule has 0 fully saturated rings. The van der Waals surface area contributed by atoms with Gasteiger partial charge in [-0.15, -0.1) is 10.2 Å². The molecule has 2 rings (SSSR count). The number of aromatic hydroxyl groups is 1. The number of hydrogen-bond acceptors (Lipinski definition) is 7. The average molecular weight is 324 g/mol. The normalized spacial score (nSPS) is 10.6. The van der Waals surface area contributed by atoms with E-state index in [4.69, 9.17) is 4.74 Å². The number of ether oxygens (including phenoxy) is 1. The first kappa shape index (κ1) is 16.1. The molecule has 0 saturated carbocycles. The van der Waals surface area contributed by atoms with Crippen molar-refractivity contribution >= 4 is 22.4 Å². The van der Waals surface area contributed by atoms with E-state index in [2.05, 4.69) is 15.5 Å². The topological polar surface area (TPSA) is 106 Å². The van der Waals surface area contributed by atoms with Gasteiger partial charge in [0.2, 0.25) is 11.0 Å². The number of aromatic nitrogens is 3. The number of methoxy groups -OCH3 is 1. The highest BCUT2D eigenvalue weighted by Crippen LogP contribution is 2.16. The minimum Gasteiger partial charge on any atom is -0.508 e. The monoisotopic (exact) mass is 324 g/mol. The molecule has 0 aliphatic carbocycles. The minimum absolute atomic E-state index is 0.0808. The van der Waals surface area contributed by atoms with Crippen molar-refractivity contribution in [1.29, 1.82) is 0 Å². The van der Waals surface area contributed by atoms with Gasteiger partial charge in [0.15, 0.2) is 0 Å². The lowest BCUT2D eigenvalue weighted by Crippen LogP contribution is -2.24. The van der Waals surface area contributed by atoms with E-state index in [0.717, 1.165) is 6.07 Å². The highest BCUT2D eigenvalue weighted by molar-refractivity contribution is 7.15. The summed E-state index contributed by atoms with van der Waals surface area (Å²) in [5, 5.41) is 20.7. The van der Waals surface area contributed by atoms with Crippen LogP contribution >= 0.6 is 11.3 Å². The number of nitrogens with one attached hydrogen (secondary N) is 1. The van der Waals surface area contributed by atoms with Gasteiger partial charge in [0, 0.05) is 31.8 Å². The van der Waals surface area contributed by atoms with Crippen molar-refractivity contribution in [2.75, 3.05) is 12.4 Å². The number of hydrogen-bond donors (Lipinski definition) is 2. The molecule has 2 aromatic rings. The van der Waals surface area contributed by atoms with Crippen LogP contribution in [0.2, 0.25) is 0 Å². The smallest absolute Gasteiger partial charge is 0.254 e. The van der Waals surface area contributed by atoms with Crippen LogP contribution in [0.5, 0.6) is 5.75 Å². The van der Waals surface area contributed by atoms with Crippen LogP contribution in [-0.4, -0.2) is 32.9 Å². The van der Waals surface area contributed by atoms with Gasteiger partial charge in [-0.3, -0.25) is 9.59 Å². The molecule has 22 heavy (non-hydrogen) atoms. The second-order valence-electron chi connectivity index (χ2n) is 4.58. The van der Waals surface area contributed by atoms with Crippen LogP contribution < -0.4 is 10.9 Å². The molecule has 118 valence electrons. The van der Waals surface area contributed by atoms with E-state index in [-0.39, 0.29) is 30.2 Å². The number of nitrogens with zero attached hydrogens (tertiary/aromatic N) is 3. The average Bonchev–Trinajstić information content (AvgIpc) is 2.85. The van der Waals surface area contributed by atoms with E-state index in [1.54, 1.807) is 14.0 Å². The maximum Gasteiger partial charge on any atom is 0.254 e. The summed E-state index contributed by atoms with van der Waals surface area (Å²) in [5.41, 5.74) is 0.250. The molecule has 1 amide bonds. The van der Waals surface area contributed by atoms with Crippen LogP contribution in [-0.2, 0) is 22.7 Å². The SMILES string of the molecule is COCc1nnc(NC(=O)CCn2c(C)cc(O)cc2=O)s1. The number of amides is 1. The number of rotatable bonds is 6. The summed E-state index contributed by atoms with van der Waals surface area (Å²) in [6.07, 6.45) is 0.116. The Hall–Kier alpha value is -2.26. The minimum atomic E-state index is -0.344. The second-order valence-corrected chi connectivity index (χ2v) is 5.64. The van der Waals surface area contributed by atoms with E-state index < -0.39 is 0 Å². The Balaban J connectivity index is 1.94. The molecule has 8 nitrogen and oxygen atoms in total. The zero-order valence-electron chi connectivity index (χ0n) is 12.2. The Bertz CT molecular complexity index is 725. The van der Waals surface area contributed by atoms with Gasteiger partial charge >= 0.3 is 0 Å². The fourth-order valence-corrected chi connectivity index (χ4v) is 2.61. The molecule has 0 spiro atoms. The third kappa shape index (κ3) is 4.12. The van der Waals surface area contributed by atoms with Gasteiger partial charge in [-0.25, -0.2) is 0 Å². The molecular weight excluding hydrogens is 308 g/mol. The number of aryl methyl sites for hydroxylation is 1. The van der Waals surface area contributed by atoms with E-state index in [0.29, 0.717) is 22.4 Å². The predicted octanol–water partition coefficient (Wildman–Crippen LogP) is 0.889. The van der Waals surface area contributed by atoms with Gasteiger partial charge in [0.1, 0.15) is 17.4 Å². The zero-order chi connectivity index (χ0) is 16.1. The number of carbonyl (C=O) groups is 1. The van der Waals surface area contributed by atoms with Crippen molar-refractivity contribution in [3.63, 3.8) is 0 Å². The van der Waals surface area contributed by atoms with Crippen LogP contribution in [0.15, 0.2) is 16.9 Å². The van der Waals surface area contributed by atoms with E-state index >= 15 is 0 Å². The third-order valence-corrected chi connectivity index (χ3v) is 3.68. The molecular formula is C13H16N4O4S. The van der Waals surface area contributed by atoms with Crippen molar-refractivity contribution in [1.82, 2.24) is 14.8 Å². The van der Waals surface area contributed by atoms with E-state index in [1.165, 1.54) is 22.0 Å². The van der Waals surface area contributed by atoms with Gasteiger partial charge in [0.25, 0.3) is 5.56 Å². The van der Waals surface area contributed by atoms with Crippen LogP contribution in [0.25, 0.3) is 0 Å². The molecule has 0 bridgehead atoms. The lowest BCUT2D eigenvalue weighted by molar-refractivity contribution is -0.116. The molecule has 0 aliphatic heterocycles. The van der Waals surface area contributed by atoms with Crippen LogP contribution in [0.1, 0.15) is 17.1 Å². The van der Waals surface area contributed by atoms with E-state index in [1.807, 2.05) is 0 Å². The lowest BCUT2D eigenvalue weighted by Gasteiger charge is -2.09. The van der Waals surface area contributed by atoms with Crippen LogP contribution in [0, 0.1) is 6.92 Å². The van der Waals surface area contributed by atoms with Crippen LogP contribution in [0.3, 0.4) is 0 Å². The number of carbonyl (C=O) groups excluding carboxylic acids is 1. The first-order chi connectivity index (χ1) is 10.5. The summed E-state index contributed by atoms with van der Waals surface area (Å²) >= 11 is 1.23. The van der Waals surface area contributed by atoms with Gasteiger partial charge in [0.05, 0.1) is 0 Å². The van der Waals surface area contributed by atoms with Crippen molar-refractivity contribution in [2.45, 2.75) is 26.5 Å². The Morgan fingerprint density at radius 2 is 2.23 bits per heavy atom. The fraction of sp³-hybridized carbons (Fsp3) is 0.385. The summed E-state index contributed by atoms with van der Waals surface area (Å²) < 4.78 is 6.35. The van der Waals surface area contributed by atoms with Crippen molar-refractivity contribution in [3.05, 3.63) is 33.2 Å².